The van der Waals surface area contributed by atoms with Crippen LogP contribution in [0.5, 0.6) is 0 Å². The first kappa shape index (κ1) is 17.9. The molecule has 1 aliphatic rings. The van der Waals surface area contributed by atoms with Gasteiger partial charge >= 0.3 is 5.97 Å². The van der Waals surface area contributed by atoms with Gasteiger partial charge in [0.2, 0.25) is 20.0 Å². The molecule has 0 spiro atoms. The van der Waals surface area contributed by atoms with E-state index in [1.54, 1.807) is 6.92 Å². The molecule has 0 bridgehead atoms. The van der Waals surface area contributed by atoms with Crippen molar-refractivity contribution in [3.63, 3.8) is 0 Å². The van der Waals surface area contributed by atoms with Crippen molar-refractivity contribution >= 4 is 26.0 Å². The van der Waals surface area contributed by atoms with E-state index in [1.807, 2.05) is 0 Å². The first-order valence-corrected chi connectivity index (χ1v) is 9.91. The van der Waals surface area contributed by atoms with Gasteiger partial charge in [0.1, 0.15) is 0 Å². The fourth-order valence-corrected chi connectivity index (χ4v) is 5.11. The Balaban J connectivity index is 2.44. The molecule has 8 nitrogen and oxygen atoms in total. The van der Waals surface area contributed by atoms with E-state index in [1.165, 1.54) is 18.2 Å². The zero-order valence-electron chi connectivity index (χ0n) is 12.4. The number of rotatable bonds is 4. The Morgan fingerprint density at radius 1 is 1.26 bits per heavy atom. The number of carboxylic acids is 1. The summed E-state index contributed by atoms with van der Waals surface area (Å²) >= 11 is 0. The van der Waals surface area contributed by atoms with Crippen LogP contribution >= 0.6 is 0 Å². The van der Waals surface area contributed by atoms with Crippen molar-refractivity contribution in [2.45, 2.75) is 35.6 Å². The second-order valence-electron chi connectivity index (χ2n) is 5.46. The van der Waals surface area contributed by atoms with E-state index in [9.17, 15) is 26.7 Å². The predicted molar refractivity (Wildman–Crippen MR) is 81.5 cm³/mol. The third kappa shape index (κ3) is 3.55. The maximum atomic E-state index is 12.7. The summed E-state index contributed by atoms with van der Waals surface area (Å²) in [5, 5.41) is 14.2. The van der Waals surface area contributed by atoms with Crippen LogP contribution in [0.4, 0.5) is 0 Å². The van der Waals surface area contributed by atoms with Crippen LogP contribution in [-0.4, -0.2) is 44.8 Å². The molecule has 0 aliphatic carbocycles. The first-order chi connectivity index (χ1) is 10.5. The smallest absolute Gasteiger partial charge is 0.308 e. The van der Waals surface area contributed by atoms with Crippen LogP contribution in [-0.2, 0) is 24.8 Å². The van der Waals surface area contributed by atoms with Gasteiger partial charge in [-0.25, -0.2) is 22.0 Å². The number of nitrogens with two attached hydrogens (primary N) is 1. The summed E-state index contributed by atoms with van der Waals surface area (Å²) in [6.07, 6.45) is 0.829. The highest BCUT2D eigenvalue weighted by molar-refractivity contribution is 7.90. The fraction of sp³-hybridized carbons (Fsp3) is 0.462. The van der Waals surface area contributed by atoms with E-state index in [0.717, 1.165) is 10.4 Å². The zero-order chi connectivity index (χ0) is 17.4. The molecule has 3 N–H and O–H groups in total. The van der Waals surface area contributed by atoms with E-state index in [0.29, 0.717) is 12.8 Å². The predicted octanol–water partition coefficient (Wildman–Crippen LogP) is 0.208. The second-order valence-corrected chi connectivity index (χ2v) is 8.92. The summed E-state index contributed by atoms with van der Waals surface area (Å²) < 4.78 is 49.4. The lowest BCUT2D eigenvalue weighted by Gasteiger charge is -2.36. The Kier molecular flexibility index (Phi) is 4.81. The van der Waals surface area contributed by atoms with Gasteiger partial charge in [0.25, 0.3) is 0 Å². The van der Waals surface area contributed by atoms with Crippen LogP contribution in [0.2, 0.25) is 0 Å². The molecule has 0 amide bonds. The quantitative estimate of drug-likeness (QED) is 0.786. The van der Waals surface area contributed by atoms with Crippen LogP contribution in [0.1, 0.15) is 19.8 Å². The molecular weight excluding hydrogens is 344 g/mol. The van der Waals surface area contributed by atoms with Crippen LogP contribution < -0.4 is 5.14 Å². The van der Waals surface area contributed by atoms with Gasteiger partial charge in [0.15, 0.2) is 0 Å². The van der Waals surface area contributed by atoms with Crippen molar-refractivity contribution in [1.82, 2.24) is 4.31 Å². The lowest BCUT2D eigenvalue weighted by Crippen LogP contribution is -2.49. The van der Waals surface area contributed by atoms with Crippen LogP contribution in [0.25, 0.3) is 0 Å². The summed E-state index contributed by atoms with van der Waals surface area (Å²) in [6.45, 7) is 1.73. The fourth-order valence-electron chi connectivity index (χ4n) is 2.73. The molecule has 1 aromatic carbocycles. The van der Waals surface area contributed by atoms with Gasteiger partial charge in [0, 0.05) is 12.6 Å². The van der Waals surface area contributed by atoms with Crippen molar-refractivity contribution < 1.29 is 26.7 Å². The highest BCUT2D eigenvalue weighted by Crippen LogP contribution is 2.29. The number of sulfonamides is 2. The monoisotopic (exact) mass is 362 g/mol. The molecule has 2 rings (SSSR count). The van der Waals surface area contributed by atoms with Gasteiger partial charge in [-0.05, 0) is 38.0 Å². The molecule has 0 unspecified atom stereocenters. The molecule has 0 saturated carbocycles. The minimum Gasteiger partial charge on any atom is -0.481 e. The molecule has 10 heteroatoms. The average Bonchev–Trinajstić information content (AvgIpc) is 2.46. The van der Waals surface area contributed by atoms with E-state index >= 15 is 0 Å². The van der Waals surface area contributed by atoms with Crippen molar-refractivity contribution in [3.8, 4) is 0 Å². The summed E-state index contributed by atoms with van der Waals surface area (Å²) in [4.78, 5) is 10.7. The highest BCUT2D eigenvalue weighted by atomic mass is 32.2. The Morgan fingerprint density at radius 3 is 2.43 bits per heavy atom. The largest absolute Gasteiger partial charge is 0.481 e. The summed E-state index contributed by atoms with van der Waals surface area (Å²) in [5.74, 6) is -1.84. The molecule has 1 heterocycles. The third-order valence-corrected chi connectivity index (χ3v) is 6.88. The van der Waals surface area contributed by atoms with E-state index in [-0.39, 0.29) is 16.3 Å². The maximum absolute atomic E-state index is 12.7. The van der Waals surface area contributed by atoms with Crippen LogP contribution in [0.3, 0.4) is 0 Å². The number of aliphatic carboxylic acids is 1. The lowest BCUT2D eigenvalue weighted by molar-refractivity contribution is -0.144. The molecule has 1 aliphatic heterocycles. The number of nitrogens with zero attached hydrogens (tertiary/aromatic N) is 1. The molecule has 0 radical (unpaired) electrons. The van der Waals surface area contributed by atoms with Gasteiger partial charge in [-0.1, -0.05) is 6.07 Å². The minimum atomic E-state index is -4.03. The average molecular weight is 362 g/mol. The number of benzene rings is 1. The summed E-state index contributed by atoms with van der Waals surface area (Å²) in [6, 6.07) is 4.02. The standard InChI is InChI=1S/C13H18N2O6S2/c1-9-12(13(16)17)6-3-7-15(9)23(20,21)11-5-2-4-10(8-11)22(14,18)19/h2,4-5,8-9,12H,3,6-7H2,1H3,(H,16,17)(H2,14,18,19)/t9-,12-/m1/s1. The van der Waals surface area contributed by atoms with Crippen LogP contribution in [0.15, 0.2) is 34.1 Å². The second kappa shape index (κ2) is 6.19. The third-order valence-electron chi connectivity index (χ3n) is 3.99. The number of piperidine rings is 1. The van der Waals surface area contributed by atoms with Crippen molar-refractivity contribution in [2.24, 2.45) is 11.1 Å². The van der Waals surface area contributed by atoms with Gasteiger partial charge in [-0.2, -0.15) is 4.31 Å². The Bertz CT molecular complexity index is 819. The number of primary sulfonamides is 1. The maximum Gasteiger partial charge on any atom is 0.308 e. The topological polar surface area (TPSA) is 135 Å². The molecule has 128 valence electrons. The van der Waals surface area contributed by atoms with E-state index < -0.39 is 38.0 Å². The molecule has 1 saturated heterocycles. The molecule has 1 aromatic rings. The molecule has 2 atom stereocenters. The zero-order valence-corrected chi connectivity index (χ0v) is 14.0. The Labute approximate surface area is 135 Å². The lowest BCUT2D eigenvalue weighted by atomic mass is 9.92. The number of carbonyl (C=O) groups is 1. The Morgan fingerprint density at radius 2 is 1.87 bits per heavy atom. The molecule has 23 heavy (non-hydrogen) atoms. The Hall–Kier alpha value is -1.49. The van der Waals surface area contributed by atoms with E-state index in [2.05, 4.69) is 0 Å². The van der Waals surface area contributed by atoms with Gasteiger partial charge in [0.05, 0.1) is 15.7 Å². The SMILES string of the molecule is C[C@@H]1[C@H](C(=O)O)CCCN1S(=O)(=O)c1cccc(S(N)(=O)=O)c1. The first-order valence-electron chi connectivity index (χ1n) is 6.92. The number of hydrogen-bond acceptors (Lipinski definition) is 5. The minimum absolute atomic E-state index is 0.187. The summed E-state index contributed by atoms with van der Waals surface area (Å²) in [7, 11) is -8.04. The van der Waals surface area contributed by atoms with E-state index in [4.69, 9.17) is 5.14 Å². The van der Waals surface area contributed by atoms with Crippen molar-refractivity contribution in [1.29, 1.82) is 0 Å². The van der Waals surface area contributed by atoms with Crippen LogP contribution in [0, 0.1) is 5.92 Å². The highest BCUT2D eigenvalue weighted by Gasteiger charge is 2.39. The number of carboxylic acid groups (broad SMARTS) is 1. The van der Waals surface area contributed by atoms with Gasteiger partial charge < -0.3 is 5.11 Å². The molecule has 1 fully saturated rings. The van der Waals surface area contributed by atoms with Crippen molar-refractivity contribution in [2.75, 3.05) is 6.54 Å². The molecule has 0 aromatic heterocycles. The summed E-state index contributed by atoms with van der Waals surface area (Å²) in [5.41, 5.74) is 0. The number of hydrogen-bond donors (Lipinski definition) is 2. The molecular formula is C13H18N2O6S2. The van der Waals surface area contributed by atoms with Gasteiger partial charge in [-0.3, -0.25) is 4.79 Å². The normalized spacial score (nSPS) is 23.6. The van der Waals surface area contributed by atoms with Gasteiger partial charge in [-0.15, -0.1) is 0 Å². The van der Waals surface area contributed by atoms with Crippen molar-refractivity contribution in [3.05, 3.63) is 24.3 Å².